The zero-order valence-corrected chi connectivity index (χ0v) is 13.0. The number of nitrogens with zero attached hydrogens (tertiary/aromatic N) is 3. The van der Waals surface area contributed by atoms with Gasteiger partial charge in [-0.3, -0.25) is 14.6 Å². The van der Waals surface area contributed by atoms with Crippen LogP contribution in [0.5, 0.6) is 0 Å². The molecule has 2 amide bonds. The van der Waals surface area contributed by atoms with Crippen molar-refractivity contribution in [3.8, 4) is 6.07 Å². The molecule has 0 saturated carbocycles. The topological polar surface area (TPSA) is 86.1 Å². The fourth-order valence-electron chi connectivity index (χ4n) is 2.52. The molecular weight excluding hydrogens is 312 g/mol. The Hall–Kier alpha value is -2.72. The van der Waals surface area contributed by atoms with Gasteiger partial charge >= 0.3 is 0 Å². The Labute approximate surface area is 137 Å². The molecule has 7 heteroatoms. The van der Waals surface area contributed by atoms with E-state index in [0.29, 0.717) is 23.4 Å². The second-order valence-corrected chi connectivity index (χ2v) is 6.09. The second-order valence-electron chi connectivity index (χ2n) is 5.18. The first kappa shape index (κ1) is 15.2. The van der Waals surface area contributed by atoms with Gasteiger partial charge in [0.2, 0.25) is 5.91 Å². The SMILES string of the molecule is N#Cc1csc(C(=O)NC2CCCN(c3cccnc3)C2=O)c1. The molecule has 3 rings (SSSR count). The molecule has 1 atom stereocenters. The first-order chi connectivity index (χ1) is 11.2. The van der Waals surface area contributed by atoms with E-state index in [1.807, 2.05) is 12.1 Å². The van der Waals surface area contributed by atoms with E-state index in [4.69, 9.17) is 5.26 Å². The van der Waals surface area contributed by atoms with Crippen molar-refractivity contribution in [3.05, 3.63) is 46.4 Å². The molecule has 1 fully saturated rings. The number of amides is 2. The van der Waals surface area contributed by atoms with Crippen LogP contribution in [0.3, 0.4) is 0 Å². The van der Waals surface area contributed by atoms with Gasteiger partial charge in [-0.05, 0) is 31.0 Å². The Morgan fingerprint density at radius 2 is 2.39 bits per heavy atom. The highest BCUT2D eigenvalue weighted by Crippen LogP contribution is 2.21. The maximum Gasteiger partial charge on any atom is 0.262 e. The van der Waals surface area contributed by atoms with Crippen LogP contribution in [0.2, 0.25) is 0 Å². The van der Waals surface area contributed by atoms with Gasteiger partial charge in [0, 0.05) is 18.1 Å². The highest BCUT2D eigenvalue weighted by molar-refractivity contribution is 7.12. The van der Waals surface area contributed by atoms with Gasteiger partial charge in [0.15, 0.2) is 0 Å². The van der Waals surface area contributed by atoms with Crippen LogP contribution in [-0.4, -0.2) is 29.4 Å². The lowest BCUT2D eigenvalue weighted by atomic mass is 10.0. The van der Waals surface area contributed by atoms with E-state index >= 15 is 0 Å². The average molecular weight is 326 g/mol. The van der Waals surface area contributed by atoms with Crippen LogP contribution < -0.4 is 10.2 Å². The number of piperidine rings is 1. The molecule has 1 N–H and O–H groups in total. The monoisotopic (exact) mass is 326 g/mol. The quantitative estimate of drug-likeness (QED) is 0.934. The van der Waals surface area contributed by atoms with Crippen molar-refractivity contribution in [2.45, 2.75) is 18.9 Å². The number of carbonyl (C=O) groups excluding carboxylic acids is 2. The minimum atomic E-state index is -0.552. The summed E-state index contributed by atoms with van der Waals surface area (Å²) in [6, 6.07) is 6.58. The number of aromatic nitrogens is 1. The Kier molecular flexibility index (Phi) is 4.35. The van der Waals surface area contributed by atoms with Crippen molar-refractivity contribution < 1.29 is 9.59 Å². The van der Waals surface area contributed by atoms with Gasteiger partial charge in [-0.15, -0.1) is 11.3 Å². The maximum absolute atomic E-state index is 12.6. The number of pyridine rings is 1. The Bertz CT molecular complexity index is 766. The van der Waals surface area contributed by atoms with Gasteiger partial charge < -0.3 is 10.2 Å². The van der Waals surface area contributed by atoms with Crippen LogP contribution in [0, 0.1) is 11.3 Å². The number of hydrogen-bond donors (Lipinski definition) is 1. The lowest BCUT2D eigenvalue weighted by Gasteiger charge is -2.32. The number of thiophene rings is 1. The van der Waals surface area contributed by atoms with E-state index in [9.17, 15) is 9.59 Å². The minimum absolute atomic E-state index is 0.130. The number of rotatable bonds is 3. The van der Waals surface area contributed by atoms with Gasteiger partial charge in [-0.1, -0.05) is 0 Å². The average Bonchev–Trinajstić information content (AvgIpc) is 3.07. The molecule has 6 nitrogen and oxygen atoms in total. The summed E-state index contributed by atoms with van der Waals surface area (Å²) in [5, 5.41) is 13.2. The van der Waals surface area contributed by atoms with E-state index in [1.165, 1.54) is 17.4 Å². The summed E-state index contributed by atoms with van der Waals surface area (Å²) in [5.41, 5.74) is 1.19. The molecule has 2 aromatic rings. The van der Waals surface area contributed by atoms with Crippen LogP contribution in [0.15, 0.2) is 36.0 Å². The van der Waals surface area contributed by atoms with Gasteiger partial charge in [-0.2, -0.15) is 5.26 Å². The first-order valence-electron chi connectivity index (χ1n) is 7.20. The zero-order chi connectivity index (χ0) is 16.2. The molecule has 0 aromatic carbocycles. The van der Waals surface area contributed by atoms with Crippen LogP contribution in [0.25, 0.3) is 0 Å². The van der Waals surface area contributed by atoms with Crippen LogP contribution in [0.1, 0.15) is 28.1 Å². The molecule has 1 aliphatic heterocycles. The van der Waals surface area contributed by atoms with Gasteiger partial charge in [0.1, 0.15) is 12.1 Å². The highest BCUT2D eigenvalue weighted by Gasteiger charge is 2.31. The fraction of sp³-hybridized carbons (Fsp3) is 0.250. The molecule has 0 bridgehead atoms. The molecule has 0 radical (unpaired) electrons. The summed E-state index contributed by atoms with van der Waals surface area (Å²) in [5.74, 6) is -0.447. The van der Waals surface area contributed by atoms with Crippen molar-refractivity contribution in [1.82, 2.24) is 10.3 Å². The third-order valence-electron chi connectivity index (χ3n) is 3.65. The molecular formula is C16H14N4O2S. The van der Waals surface area contributed by atoms with Crippen molar-refractivity contribution in [3.63, 3.8) is 0 Å². The highest BCUT2D eigenvalue weighted by atomic mass is 32.1. The number of anilines is 1. The molecule has 0 aliphatic carbocycles. The van der Waals surface area contributed by atoms with E-state index in [0.717, 1.165) is 12.1 Å². The summed E-state index contributed by atoms with van der Waals surface area (Å²) >= 11 is 1.20. The predicted molar refractivity (Wildman–Crippen MR) is 86.1 cm³/mol. The molecule has 23 heavy (non-hydrogen) atoms. The Balaban J connectivity index is 1.71. The van der Waals surface area contributed by atoms with Gasteiger partial charge in [0.05, 0.1) is 22.3 Å². The number of hydrogen-bond acceptors (Lipinski definition) is 5. The number of carbonyl (C=O) groups is 2. The van der Waals surface area contributed by atoms with Crippen LogP contribution in [0.4, 0.5) is 5.69 Å². The van der Waals surface area contributed by atoms with Gasteiger partial charge in [-0.25, -0.2) is 0 Å². The van der Waals surface area contributed by atoms with Crippen molar-refractivity contribution in [2.75, 3.05) is 11.4 Å². The second kappa shape index (κ2) is 6.58. The standard InChI is InChI=1S/C16H14N4O2S/c17-8-11-7-14(23-10-11)15(21)19-13-4-2-6-20(16(13)22)12-3-1-5-18-9-12/h1,3,5,7,9-10,13H,2,4,6H2,(H,19,21). The predicted octanol–water partition coefficient (Wildman–Crippen LogP) is 1.94. The van der Waals surface area contributed by atoms with Crippen LogP contribution in [-0.2, 0) is 4.79 Å². The first-order valence-corrected chi connectivity index (χ1v) is 8.08. The summed E-state index contributed by atoms with van der Waals surface area (Å²) in [4.78, 5) is 30.9. The van der Waals surface area contributed by atoms with E-state index in [2.05, 4.69) is 10.3 Å². The van der Waals surface area contributed by atoms with Crippen LogP contribution >= 0.6 is 11.3 Å². The van der Waals surface area contributed by atoms with Crippen molar-refractivity contribution >= 4 is 28.8 Å². The Morgan fingerprint density at radius 1 is 1.52 bits per heavy atom. The molecule has 3 heterocycles. The molecule has 1 saturated heterocycles. The van der Waals surface area contributed by atoms with Gasteiger partial charge in [0.25, 0.3) is 5.91 Å². The van der Waals surface area contributed by atoms with E-state index < -0.39 is 6.04 Å². The van der Waals surface area contributed by atoms with E-state index in [1.54, 1.807) is 28.7 Å². The molecule has 1 unspecified atom stereocenters. The zero-order valence-electron chi connectivity index (χ0n) is 12.2. The summed E-state index contributed by atoms with van der Waals surface area (Å²) in [6.07, 6.45) is 4.71. The number of nitrogens with one attached hydrogen (secondary N) is 1. The maximum atomic E-state index is 12.6. The summed E-state index contributed by atoms with van der Waals surface area (Å²) < 4.78 is 0. The third kappa shape index (κ3) is 3.22. The summed E-state index contributed by atoms with van der Waals surface area (Å²) in [7, 11) is 0. The fourth-order valence-corrected chi connectivity index (χ4v) is 3.26. The van der Waals surface area contributed by atoms with E-state index in [-0.39, 0.29) is 11.8 Å². The minimum Gasteiger partial charge on any atom is -0.340 e. The Morgan fingerprint density at radius 3 is 3.09 bits per heavy atom. The smallest absolute Gasteiger partial charge is 0.262 e. The molecule has 1 aliphatic rings. The lowest BCUT2D eigenvalue weighted by Crippen LogP contribution is -2.52. The molecule has 2 aromatic heterocycles. The molecule has 0 spiro atoms. The van der Waals surface area contributed by atoms with Crippen molar-refractivity contribution in [1.29, 1.82) is 5.26 Å². The lowest BCUT2D eigenvalue weighted by molar-refractivity contribution is -0.121. The molecule has 116 valence electrons. The number of nitriles is 1. The van der Waals surface area contributed by atoms with Crippen molar-refractivity contribution in [2.24, 2.45) is 0 Å². The normalized spacial score (nSPS) is 17.6. The largest absolute Gasteiger partial charge is 0.340 e. The summed E-state index contributed by atoms with van der Waals surface area (Å²) in [6.45, 7) is 0.620. The third-order valence-corrected chi connectivity index (χ3v) is 4.58.